The molecule has 0 bridgehead atoms. The summed E-state index contributed by atoms with van der Waals surface area (Å²) in [7, 11) is 1.52. The molecule has 0 radical (unpaired) electrons. The monoisotopic (exact) mass is 804 g/mol. The van der Waals surface area contributed by atoms with Crippen LogP contribution in [0.2, 0.25) is 0 Å². The number of nitrogens with one attached hydrogen (secondary N) is 2. The van der Waals surface area contributed by atoms with E-state index in [1.165, 1.54) is 13.3 Å². The van der Waals surface area contributed by atoms with Crippen LogP contribution in [0.3, 0.4) is 0 Å². The summed E-state index contributed by atoms with van der Waals surface area (Å²) in [6.45, 7) is 12.3. The van der Waals surface area contributed by atoms with Crippen LogP contribution in [-0.4, -0.2) is 113 Å². The first-order valence-electron chi connectivity index (χ1n) is 20.0. The van der Waals surface area contributed by atoms with Gasteiger partial charge in [0, 0.05) is 62.1 Å². The molecule has 1 saturated carbocycles. The Labute approximate surface area is 342 Å². The molecule has 2 N–H and O–H groups in total. The lowest BCUT2D eigenvalue weighted by Crippen LogP contribution is -2.74. The first-order chi connectivity index (χ1) is 28.2. The molecule has 3 aromatic rings. The summed E-state index contributed by atoms with van der Waals surface area (Å²) in [6, 6.07) is 10.9. The third-order valence-corrected chi connectivity index (χ3v) is 12.6. The number of fused-ring (bicyclic) bond motifs is 1. The topological polar surface area (TPSA) is 196 Å². The zero-order valence-corrected chi connectivity index (χ0v) is 33.8. The van der Waals surface area contributed by atoms with Gasteiger partial charge in [-0.1, -0.05) is 27.7 Å². The summed E-state index contributed by atoms with van der Waals surface area (Å²) in [5.41, 5.74) is 0.302. The van der Waals surface area contributed by atoms with E-state index in [9.17, 15) is 29.2 Å². The number of imide groups is 2. The van der Waals surface area contributed by atoms with Crippen molar-refractivity contribution in [1.82, 2.24) is 30.4 Å². The number of amides is 5. The predicted octanol–water partition coefficient (Wildman–Crippen LogP) is 3.35. The fourth-order valence-electron chi connectivity index (χ4n) is 9.75. The summed E-state index contributed by atoms with van der Waals surface area (Å²) < 4.78 is 17.9. The van der Waals surface area contributed by atoms with Crippen LogP contribution in [0.5, 0.6) is 17.2 Å². The van der Waals surface area contributed by atoms with Gasteiger partial charge in [-0.2, -0.15) is 5.26 Å². The van der Waals surface area contributed by atoms with Crippen molar-refractivity contribution in [2.75, 3.05) is 44.7 Å². The van der Waals surface area contributed by atoms with Gasteiger partial charge >= 0.3 is 0 Å². The number of aromatic nitrogens is 2. The third kappa shape index (κ3) is 7.32. The van der Waals surface area contributed by atoms with Crippen LogP contribution >= 0.6 is 0 Å². The first-order valence-corrected chi connectivity index (χ1v) is 20.0. The Hall–Kier alpha value is -6.08. The summed E-state index contributed by atoms with van der Waals surface area (Å²) >= 11 is 0. The number of benzene rings is 2. The van der Waals surface area contributed by atoms with Crippen molar-refractivity contribution < 1.29 is 38.2 Å². The molecule has 5 amide bonds. The van der Waals surface area contributed by atoms with Crippen LogP contribution < -0.4 is 29.7 Å². The van der Waals surface area contributed by atoms with Crippen molar-refractivity contribution >= 4 is 35.4 Å². The Morgan fingerprint density at radius 2 is 1.61 bits per heavy atom. The average Bonchev–Trinajstić information content (AvgIpc) is 3.45. The summed E-state index contributed by atoms with van der Waals surface area (Å²) in [5, 5.41) is 14.7. The number of likely N-dealkylation sites (tertiary alicyclic amines) is 1. The molecule has 4 fully saturated rings. The molecule has 3 saturated heterocycles. The van der Waals surface area contributed by atoms with Crippen LogP contribution in [0.15, 0.2) is 48.8 Å². The van der Waals surface area contributed by atoms with Gasteiger partial charge in [0.05, 0.1) is 36.2 Å². The Morgan fingerprint density at radius 1 is 0.915 bits per heavy atom. The highest BCUT2D eigenvalue weighted by molar-refractivity contribution is 6.23. The van der Waals surface area contributed by atoms with E-state index in [0.717, 1.165) is 56.3 Å². The quantitative estimate of drug-likeness (QED) is 0.268. The van der Waals surface area contributed by atoms with Gasteiger partial charge in [-0.15, -0.1) is 0 Å². The van der Waals surface area contributed by atoms with E-state index in [2.05, 4.69) is 64.2 Å². The maximum atomic E-state index is 13.4. The molecule has 5 heterocycles. The SMILES string of the molecule is COc1cc(OC2C(C)(C)C(NC(=O)c3cnc(N4CCC(CN5CC(Oc6ccc7c(c6)C(=O)N(C6CCC(=O)NC6=O)C7=O)C5)CC4)cn3)C2(C)C)ccc1C#N. The molecule has 1 aromatic heterocycles. The zero-order chi connectivity index (χ0) is 41.8. The molecule has 1 unspecified atom stereocenters. The molecule has 16 heteroatoms. The third-order valence-electron chi connectivity index (χ3n) is 12.6. The minimum Gasteiger partial charge on any atom is -0.495 e. The number of anilines is 1. The van der Waals surface area contributed by atoms with Gasteiger partial charge in [-0.25, -0.2) is 9.97 Å². The van der Waals surface area contributed by atoms with Gasteiger partial charge in [-0.05, 0) is 55.5 Å². The lowest BCUT2D eigenvalue weighted by atomic mass is 9.49. The molecule has 16 nitrogen and oxygen atoms in total. The largest absolute Gasteiger partial charge is 0.495 e. The number of rotatable bonds is 11. The van der Waals surface area contributed by atoms with Gasteiger partial charge in [0.15, 0.2) is 0 Å². The van der Waals surface area contributed by atoms with E-state index in [1.54, 1.807) is 42.6 Å². The highest BCUT2D eigenvalue weighted by Gasteiger charge is 2.64. The summed E-state index contributed by atoms with van der Waals surface area (Å²) in [5.74, 6) is 0.350. The van der Waals surface area contributed by atoms with E-state index in [-0.39, 0.29) is 53.8 Å². The van der Waals surface area contributed by atoms with Gasteiger partial charge in [0.2, 0.25) is 11.8 Å². The fraction of sp³-hybridized carbons (Fsp3) is 0.488. The van der Waals surface area contributed by atoms with Crippen LogP contribution in [0.25, 0.3) is 0 Å². The van der Waals surface area contributed by atoms with Crippen molar-refractivity contribution in [1.29, 1.82) is 5.26 Å². The number of methoxy groups -OCH3 is 1. The molecule has 8 rings (SSSR count). The van der Waals surface area contributed by atoms with Crippen molar-refractivity contribution in [2.45, 2.75) is 77.7 Å². The second kappa shape index (κ2) is 15.3. The maximum absolute atomic E-state index is 13.4. The van der Waals surface area contributed by atoms with Crippen molar-refractivity contribution in [3.8, 4) is 23.3 Å². The number of hydrogen-bond acceptors (Lipinski definition) is 13. The Balaban J connectivity index is 0.776. The standard InChI is InChI=1S/C43H48N8O8/c1-42(2)40(43(3,4)41(42)59-27-7-6-25(18-44)33(17-27)57-5)48-36(53)31-19-46-34(20-45-31)50-14-12-24(13-15-50)21-49-22-28(23-49)58-26-8-9-29-30(16-26)39(56)51(38(29)55)32-10-11-35(52)47-37(32)54/h6-9,16-17,19-20,24,28,32,40-41H,10-15,21-23H2,1-5H3,(H,48,53)(H,47,52,54). The molecule has 4 aliphatic heterocycles. The number of hydrogen-bond donors (Lipinski definition) is 2. The van der Waals surface area contributed by atoms with Crippen LogP contribution in [0.1, 0.15) is 90.1 Å². The van der Waals surface area contributed by atoms with Gasteiger partial charge in [-0.3, -0.25) is 39.1 Å². The Bertz CT molecular complexity index is 2220. The number of carbonyl (C=O) groups is 5. The van der Waals surface area contributed by atoms with Gasteiger partial charge in [0.1, 0.15) is 53.1 Å². The Morgan fingerprint density at radius 3 is 2.27 bits per heavy atom. The van der Waals surface area contributed by atoms with Crippen LogP contribution in [0.4, 0.5) is 5.82 Å². The average molecular weight is 805 g/mol. The highest BCUT2D eigenvalue weighted by atomic mass is 16.5. The number of carbonyl (C=O) groups excluding carboxylic acids is 5. The van der Waals surface area contributed by atoms with E-state index in [4.69, 9.17) is 14.2 Å². The summed E-state index contributed by atoms with van der Waals surface area (Å²) in [6.07, 6.45) is 5.09. The van der Waals surface area contributed by atoms with Crippen molar-refractivity contribution in [2.24, 2.45) is 16.7 Å². The van der Waals surface area contributed by atoms with Crippen LogP contribution in [-0.2, 0) is 9.59 Å². The molecule has 1 atom stereocenters. The molecule has 59 heavy (non-hydrogen) atoms. The second-order valence-corrected chi connectivity index (χ2v) is 17.3. The zero-order valence-electron chi connectivity index (χ0n) is 33.8. The molecule has 0 spiro atoms. The van der Waals surface area contributed by atoms with Crippen LogP contribution in [0, 0.1) is 28.1 Å². The van der Waals surface area contributed by atoms with E-state index in [0.29, 0.717) is 28.7 Å². The lowest BCUT2D eigenvalue weighted by molar-refractivity contribution is -0.164. The van der Waals surface area contributed by atoms with E-state index >= 15 is 0 Å². The Kier molecular flexibility index (Phi) is 10.3. The van der Waals surface area contributed by atoms with E-state index < -0.39 is 40.5 Å². The van der Waals surface area contributed by atoms with Crippen molar-refractivity contribution in [3.05, 3.63) is 71.2 Å². The molecule has 1 aliphatic carbocycles. The number of piperidine rings is 2. The van der Waals surface area contributed by atoms with E-state index in [1.807, 2.05) is 0 Å². The molecular weight excluding hydrogens is 757 g/mol. The predicted molar refractivity (Wildman–Crippen MR) is 212 cm³/mol. The molecular formula is C43H48N8O8. The normalized spacial score (nSPS) is 24.0. The number of nitriles is 1. The minimum absolute atomic E-state index is 0.0488. The maximum Gasteiger partial charge on any atom is 0.271 e. The first kappa shape index (κ1) is 39.7. The smallest absolute Gasteiger partial charge is 0.271 e. The molecule has 2 aromatic carbocycles. The molecule has 308 valence electrons. The van der Waals surface area contributed by atoms with Gasteiger partial charge in [0.25, 0.3) is 17.7 Å². The number of ether oxygens (including phenoxy) is 3. The molecule has 5 aliphatic rings. The highest BCUT2D eigenvalue weighted by Crippen LogP contribution is 2.55. The second-order valence-electron chi connectivity index (χ2n) is 17.3. The number of nitrogens with zero attached hydrogens (tertiary/aromatic N) is 6. The van der Waals surface area contributed by atoms with Gasteiger partial charge < -0.3 is 24.4 Å². The minimum atomic E-state index is -1.01. The summed E-state index contributed by atoms with van der Waals surface area (Å²) in [4.78, 5) is 78.2. The lowest BCUT2D eigenvalue weighted by Gasteiger charge is -2.63. The van der Waals surface area contributed by atoms with Crippen molar-refractivity contribution in [3.63, 3.8) is 0 Å². The fourth-order valence-corrected chi connectivity index (χ4v) is 9.75.